The van der Waals surface area contributed by atoms with Crippen molar-refractivity contribution in [3.8, 4) is 11.3 Å². The summed E-state index contributed by atoms with van der Waals surface area (Å²) < 4.78 is 0. The summed E-state index contributed by atoms with van der Waals surface area (Å²) >= 11 is 5.89. The van der Waals surface area contributed by atoms with Gasteiger partial charge in [-0.1, -0.05) is 29.3 Å². The van der Waals surface area contributed by atoms with Crippen molar-refractivity contribution in [1.82, 2.24) is 9.97 Å². The molecule has 1 heterocycles. The van der Waals surface area contributed by atoms with Crippen molar-refractivity contribution in [3.05, 3.63) is 46.4 Å². The number of hydrogen-bond donors (Lipinski definition) is 0. The van der Waals surface area contributed by atoms with Gasteiger partial charge in [0, 0.05) is 5.56 Å². The lowest BCUT2D eigenvalue weighted by Gasteiger charge is -2.08. The minimum atomic E-state index is 0.186. The van der Waals surface area contributed by atoms with E-state index < -0.39 is 0 Å². The quantitative estimate of drug-likeness (QED) is 0.604. The lowest BCUT2D eigenvalue weighted by Crippen LogP contribution is -1.97. The molecule has 86 valence electrons. The molecular formula is C13H11ClN2O. The zero-order valence-corrected chi connectivity index (χ0v) is 10.3. The predicted octanol–water partition coefficient (Wildman–Crippen LogP) is 3.23. The third kappa shape index (κ3) is 2.19. The number of aryl methyl sites for hydroxylation is 2. The summed E-state index contributed by atoms with van der Waals surface area (Å²) in [6, 6.07) is 6.00. The molecule has 0 radical (unpaired) electrons. The highest BCUT2D eigenvalue weighted by molar-refractivity contribution is 6.32. The first-order chi connectivity index (χ1) is 8.13. The Morgan fingerprint density at radius 3 is 2.71 bits per heavy atom. The predicted molar refractivity (Wildman–Crippen MR) is 67.3 cm³/mol. The maximum Gasteiger partial charge on any atom is 0.155 e. The molecule has 2 rings (SSSR count). The molecule has 0 aliphatic rings. The van der Waals surface area contributed by atoms with E-state index in [1.165, 1.54) is 6.33 Å². The second kappa shape index (κ2) is 4.63. The summed E-state index contributed by atoms with van der Waals surface area (Å²) in [6.07, 6.45) is 2.06. The Morgan fingerprint density at radius 1 is 1.24 bits per heavy atom. The van der Waals surface area contributed by atoms with Crippen LogP contribution in [0, 0.1) is 13.8 Å². The average molecular weight is 247 g/mol. The third-order valence-electron chi connectivity index (χ3n) is 2.60. The second-order valence-electron chi connectivity index (χ2n) is 3.86. The van der Waals surface area contributed by atoms with Crippen LogP contribution in [0.15, 0.2) is 24.5 Å². The Morgan fingerprint density at radius 2 is 2.00 bits per heavy atom. The molecule has 0 N–H and O–H groups in total. The van der Waals surface area contributed by atoms with Crippen LogP contribution in [0.3, 0.4) is 0 Å². The van der Waals surface area contributed by atoms with Gasteiger partial charge in [0.15, 0.2) is 6.29 Å². The highest BCUT2D eigenvalue weighted by atomic mass is 35.5. The SMILES string of the molecule is Cc1ccc(C)c(-c2ncnc(Cl)c2C=O)c1. The molecule has 0 unspecified atom stereocenters. The van der Waals surface area contributed by atoms with E-state index in [1.807, 2.05) is 32.0 Å². The number of rotatable bonds is 2. The lowest BCUT2D eigenvalue weighted by molar-refractivity contribution is 0.112. The molecule has 0 saturated carbocycles. The number of halogens is 1. The smallest absolute Gasteiger partial charge is 0.155 e. The molecule has 1 aromatic carbocycles. The molecule has 0 fully saturated rings. The first-order valence-corrected chi connectivity index (χ1v) is 5.54. The van der Waals surface area contributed by atoms with Gasteiger partial charge in [0.2, 0.25) is 0 Å². The van der Waals surface area contributed by atoms with Crippen molar-refractivity contribution in [2.24, 2.45) is 0 Å². The van der Waals surface area contributed by atoms with E-state index in [-0.39, 0.29) is 5.15 Å². The fourth-order valence-corrected chi connectivity index (χ4v) is 1.86. The summed E-state index contributed by atoms with van der Waals surface area (Å²) in [5, 5.41) is 0.186. The number of carbonyl (C=O) groups is 1. The van der Waals surface area contributed by atoms with Gasteiger partial charge in [-0.15, -0.1) is 0 Å². The van der Waals surface area contributed by atoms with Crippen molar-refractivity contribution >= 4 is 17.9 Å². The molecule has 4 heteroatoms. The van der Waals surface area contributed by atoms with Crippen LogP contribution in [0.1, 0.15) is 21.5 Å². The molecule has 0 aliphatic heterocycles. The average Bonchev–Trinajstić information content (AvgIpc) is 2.32. The molecule has 0 atom stereocenters. The molecule has 0 aliphatic carbocycles. The molecule has 0 spiro atoms. The number of aldehydes is 1. The van der Waals surface area contributed by atoms with E-state index in [4.69, 9.17) is 11.6 Å². The fraction of sp³-hybridized carbons (Fsp3) is 0.154. The van der Waals surface area contributed by atoms with Crippen LogP contribution < -0.4 is 0 Å². The largest absolute Gasteiger partial charge is 0.298 e. The van der Waals surface area contributed by atoms with Gasteiger partial charge in [-0.2, -0.15) is 0 Å². The summed E-state index contributed by atoms with van der Waals surface area (Å²) in [5.74, 6) is 0. The van der Waals surface area contributed by atoms with E-state index >= 15 is 0 Å². The van der Waals surface area contributed by atoms with Gasteiger partial charge in [-0.05, 0) is 25.5 Å². The van der Waals surface area contributed by atoms with Crippen LogP contribution in [0.5, 0.6) is 0 Å². The maximum atomic E-state index is 11.1. The Hall–Kier alpha value is -1.74. The lowest BCUT2D eigenvalue weighted by atomic mass is 10.0. The van der Waals surface area contributed by atoms with Crippen LogP contribution in [0.4, 0.5) is 0 Å². The number of nitrogens with zero attached hydrogens (tertiary/aromatic N) is 2. The van der Waals surface area contributed by atoms with Crippen LogP contribution in [0.25, 0.3) is 11.3 Å². The monoisotopic (exact) mass is 246 g/mol. The highest BCUT2D eigenvalue weighted by Gasteiger charge is 2.12. The van der Waals surface area contributed by atoms with Crippen molar-refractivity contribution in [3.63, 3.8) is 0 Å². The Labute approximate surface area is 104 Å². The maximum absolute atomic E-state index is 11.1. The molecule has 1 aromatic heterocycles. The van der Waals surface area contributed by atoms with Crippen molar-refractivity contribution < 1.29 is 4.79 Å². The summed E-state index contributed by atoms with van der Waals surface area (Å²) in [4.78, 5) is 19.0. The van der Waals surface area contributed by atoms with Crippen LogP contribution >= 0.6 is 11.6 Å². The van der Waals surface area contributed by atoms with E-state index in [0.29, 0.717) is 17.5 Å². The number of benzene rings is 1. The van der Waals surface area contributed by atoms with Gasteiger partial charge < -0.3 is 0 Å². The second-order valence-corrected chi connectivity index (χ2v) is 4.22. The third-order valence-corrected chi connectivity index (χ3v) is 2.90. The zero-order chi connectivity index (χ0) is 12.4. The zero-order valence-electron chi connectivity index (χ0n) is 9.57. The summed E-state index contributed by atoms with van der Waals surface area (Å²) in [7, 11) is 0. The van der Waals surface area contributed by atoms with E-state index in [2.05, 4.69) is 9.97 Å². The number of carbonyl (C=O) groups excluding carboxylic acids is 1. The van der Waals surface area contributed by atoms with Gasteiger partial charge in [-0.25, -0.2) is 9.97 Å². The summed E-state index contributed by atoms with van der Waals surface area (Å²) in [5.41, 5.74) is 3.99. The Kier molecular flexibility index (Phi) is 3.20. The van der Waals surface area contributed by atoms with Gasteiger partial charge >= 0.3 is 0 Å². The van der Waals surface area contributed by atoms with Crippen LogP contribution in [-0.4, -0.2) is 16.3 Å². The van der Waals surface area contributed by atoms with Crippen LogP contribution in [0.2, 0.25) is 5.15 Å². The molecular weight excluding hydrogens is 236 g/mol. The minimum absolute atomic E-state index is 0.186. The Bertz CT molecular complexity index is 582. The van der Waals surface area contributed by atoms with Crippen molar-refractivity contribution in [2.45, 2.75) is 13.8 Å². The van der Waals surface area contributed by atoms with E-state index in [0.717, 1.165) is 16.7 Å². The van der Waals surface area contributed by atoms with E-state index in [1.54, 1.807) is 0 Å². The summed E-state index contributed by atoms with van der Waals surface area (Å²) in [6.45, 7) is 3.96. The fourth-order valence-electron chi connectivity index (χ4n) is 1.68. The first kappa shape index (κ1) is 11.7. The van der Waals surface area contributed by atoms with E-state index in [9.17, 15) is 4.79 Å². The molecule has 0 bridgehead atoms. The normalized spacial score (nSPS) is 10.3. The molecule has 3 nitrogen and oxygen atoms in total. The minimum Gasteiger partial charge on any atom is -0.298 e. The number of aromatic nitrogens is 2. The van der Waals surface area contributed by atoms with Gasteiger partial charge in [0.1, 0.15) is 11.5 Å². The standard InChI is InChI=1S/C13H11ClN2O/c1-8-3-4-9(2)10(5-8)12-11(6-17)13(14)16-7-15-12/h3-7H,1-2H3. The molecule has 17 heavy (non-hydrogen) atoms. The topological polar surface area (TPSA) is 42.9 Å². The number of hydrogen-bond acceptors (Lipinski definition) is 3. The van der Waals surface area contributed by atoms with Gasteiger partial charge in [0.05, 0.1) is 11.3 Å². The van der Waals surface area contributed by atoms with Gasteiger partial charge in [0.25, 0.3) is 0 Å². The van der Waals surface area contributed by atoms with Crippen molar-refractivity contribution in [1.29, 1.82) is 0 Å². The molecule has 2 aromatic rings. The molecule has 0 saturated heterocycles. The van der Waals surface area contributed by atoms with Crippen LogP contribution in [-0.2, 0) is 0 Å². The Balaban J connectivity index is 2.72. The van der Waals surface area contributed by atoms with Gasteiger partial charge in [-0.3, -0.25) is 4.79 Å². The first-order valence-electron chi connectivity index (χ1n) is 5.17. The van der Waals surface area contributed by atoms with Crippen molar-refractivity contribution in [2.75, 3.05) is 0 Å². The molecule has 0 amide bonds. The highest BCUT2D eigenvalue weighted by Crippen LogP contribution is 2.27.